The van der Waals surface area contributed by atoms with Gasteiger partial charge in [-0.1, -0.05) is 11.6 Å². The molecule has 1 N–H and O–H groups in total. The SMILES string of the molecule is CN(C(=O)c1sccc1Cl)C1CC2CCC(C1)N2. The van der Waals surface area contributed by atoms with Crippen molar-refractivity contribution in [2.45, 2.75) is 43.8 Å². The number of nitrogens with zero attached hydrogens (tertiary/aromatic N) is 1. The molecule has 1 amide bonds. The molecule has 2 atom stereocenters. The lowest BCUT2D eigenvalue weighted by Crippen LogP contribution is -2.48. The molecule has 0 saturated carbocycles. The molecule has 3 rings (SSSR count). The molecule has 2 saturated heterocycles. The third-order valence-electron chi connectivity index (χ3n) is 4.13. The predicted octanol–water partition coefficient (Wildman–Crippen LogP) is 2.76. The van der Waals surface area contributed by atoms with Crippen molar-refractivity contribution in [1.29, 1.82) is 0 Å². The standard InChI is InChI=1S/C13H17ClN2OS/c1-16(13(17)12-11(14)4-5-18-12)10-6-8-2-3-9(7-10)15-8/h4-5,8-10,15H,2-3,6-7H2,1H3. The van der Waals surface area contributed by atoms with E-state index in [-0.39, 0.29) is 5.91 Å². The number of fused-ring (bicyclic) bond motifs is 2. The van der Waals surface area contributed by atoms with Crippen LogP contribution in [-0.2, 0) is 0 Å². The van der Waals surface area contributed by atoms with Gasteiger partial charge in [0.05, 0.1) is 5.02 Å². The summed E-state index contributed by atoms with van der Waals surface area (Å²) in [6.45, 7) is 0. The lowest BCUT2D eigenvalue weighted by molar-refractivity contribution is 0.0687. The first kappa shape index (κ1) is 12.5. The van der Waals surface area contributed by atoms with Crippen LogP contribution in [0, 0.1) is 0 Å². The quantitative estimate of drug-likeness (QED) is 0.906. The minimum atomic E-state index is 0.0706. The zero-order valence-electron chi connectivity index (χ0n) is 10.4. The lowest BCUT2D eigenvalue weighted by atomic mass is 9.98. The van der Waals surface area contributed by atoms with Gasteiger partial charge in [0, 0.05) is 25.2 Å². The molecule has 0 aromatic carbocycles. The van der Waals surface area contributed by atoms with Gasteiger partial charge in [0.25, 0.3) is 5.91 Å². The molecule has 0 radical (unpaired) electrons. The molecule has 2 aliphatic rings. The Morgan fingerprint density at radius 3 is 2.67 bits per heavy atom. The van der Waals surface area contributed by atoms with Gasteiger partial charge >= 0.3 is 0 Å². The van der Waals surface area contributed by atoms with E-state index < -0.39 is 0 Å². The summed E-state index contributed by atoms with van der Waals surface area (Å²) >= 11 is 7.47. The van der Waals surface area contributed by atoms with E-state index in [2.05, 4.69) is 5.32 Å². The number of amides is 1. The molecule has 2 fully saturated rings. The van der Waals surface area contributed by atoms with Crippen LogP contribution in [0.2, 0.25) is 5.02 Å². The van der Waals surface area contributed by atoms with Crippen molar-refractivity contribution >= 4 is 28.8 Å². The highest BCUT2D eigenvalue weighted by Gasteiger charge is 2.36. The van der Waals surface area contributed by atoms with E-state index >= 15 is 0 Å². The number of thiophene rings is 1. The molecule has 3 heterocycles. The fraction of sp³-hybridized carbons (Fsp3) is 0.615. The fourth-order valence-electron chi connectivity index (χ4n) is 3.12. The second-order valence-corrected chi connectivity index (χ2v) is 6.60. The number of hydrogen-bond donors (Lipinski definition) is 1. The second kappa shape index (κ2) is 4.83. The third-order valence-corrected chi connectivity index (χ3v) is 5.46. The van der Waals surface area contributed by atoms with Crippen molar-refractivity contribution in [3.63, 3.8) is 0 Å². The van der Waals surface area contributed by atoms with Crippen LogP contribution in [0.15, 0.2) is 11.4 Å². The first-order chi connectivity index (χ1) is 8.65. The molecule has 1 aromatic heterocycles. The van der Waals surface area contributed by atoms with Gasteiger partial charge in [0.15, 0.2) is 0 Å². The summed E-state index contributed by atoms with van der Waals surface area (Å²) in [5.41, 5.74) is 0. The molecule has 98 valence electrons. The smallest absolute Gasteiger partial charge is 0.265 e. The highest BCUT2D eigenvalue weighted by molar-refractivity contribution is 7.12. The summed E-state index contributed by atoms with van der Waals surface area (Å²) in [4.78, 5) is 15.0. The number of carbonyl (C=O) groups excluding carboxylic acids is 1. The third kappa shape index (κ3) is 2.17. The summed E-state index contributed by atoms with van der Waals surface area (Å²) in [7, 11) is 1.91. The summed E-state index contributed by atoms with van der Waals surface area (Å²) in [5.74, 6) is 0.0706. The minimum absolute atomic E-state index is 0.0706. The lowest BCUT2D eigenvalue weighted by Gasteiger charge is -2.35. The molecule has 0 spiro atoms. The van der Waals surface area contributed by atoms with E-state index in [1.165, 1.54) is 24.2 Å². The topological polar surface area (TPSA) is 32.3 Å². The summed E-state index contributed by atoms with van der Waals surface area (Å²) in [5, 5.41) is 6.05. The van der Waals surface area contributed by atoms with Crippen molar-refractivity contribution < 1.29 is 4.79 Å². The van der Waals surface area contributed by atoms with E-state index in [0.29, 0.717) is 28.0 Å². The van der Waals surface area contributed by atoms with Crippen LogP contribution < -0.4 is 5.32 Å². The maximum atomic E-state index is 12.4. The van der Waals surface area contributed by atoms with Gasteiger partial charge in [0.1, 0.15) is 4.88 Å². The van der Waals surface area contributed by atoms with E-state index in [9.17, 15) is 4.79 Å². The minimum Gasteiger partial charge on any atom is -0.338 e. The Kier molecular flexibility index (Phi) is 3.34. The average Bonchev–Trinajstić information content (AvgIpc) is 2.93. The Morgan fingerprint density at radius 1 is 1.44 bits per heavy atom. The molecular formula is C13H17ClN2OS. The normalized spacial score (nSPS) is 30.4. The number of rotatable bonds is 2. The molecule has 2 aliphatic heterocycles. The van der Waals surface area contributed by atoms with Crippen LogP contribution in [0.5, 0.6) is 0 Å². The first-order valence-electron chi connectivity index (χ1n) is 6.41. The molecule has 5 heteroatoms. The number of nitrogens with one attached hydrogen (secondary N) is 1. The van der Waals surface area contributed by atoms with Crippen molar-refractivity contribution in [2.75, 3.05) is 7.05 Å². The highest BCUT2D eigenvalue weighted by atomic mass is 35.5. The van der Waals surface area contributed by atoms with Crippen LogP contribution in [0.3, 0.4) is 0 Å². The summed E-state index contributed by atoms with van der Waals surface area (Å²) in [6.07, 6.45) is 4.65. The largest absolute Gasteiger partial charge is 0.338 e. The predicted molar refractivity (Wildman–Crippen MR) is 74.4 cm³/mol. The van der Waals surface area contributed by atoms with E-state index in [4.69, 9.17) is 11.6 Å². The Labute approximate surface area is 116 Å². The zero-order valence-corrected chi connectivity index (χ0v) is 11.9. The second-order valence-electron chi connectivity index (χ2n) is 5.28. The fourth-order valence-corrected chi connectivity index (χ4v) is 4.23. The molecule has 18 heavy (non-hydrogen) atoms. The van der Waals surface area contributed by atoms with Crippen LogP contribution in [0.25, 0.3) is 0 Å². The van der Waals surface area contributed by atoms with E-state index in [1.807, 2.05) is 17.3 Å². The Hall–Kier alpha value is -0.580. The van der Waals surface area contributed by atoms with Crippen molar-refractivity contribution in [2.24, 2.45) is 0 Å². The van der Waals surface area contributed by atoms with Crippen molar-refractivity contribution in [1.82, 2.24) is 10.2 Å². The van der Waals surface area contributed by atoms with Gasteiger partial charge in [-0.15, -0.1) is 11.3 Å². The molecule has 1 aromatic rings. The van der Waals surface area contributed by atoms with Crippen LogP contribution in [-0.4, -0.2) is 36.0 Å². The number of carbonyl (C=O) groups is 1. The van der Waals surface area contributed by atoms with Gasteiger partial charge in [-0.2, -0.15) is 0 Å². The van der Waals surface area contributed by atoms with Gasteiger partial charge in [0.2, 0.25) is 0 Å². The molecular weight excluding hydrogens is 268 g/mol. The Balaban J connectivity index is 1.73. The summed E-state index contributed by atoms with van der Waals surface area (Å²) in [6, 6.07) is 3.35. The van der Waals surface area contributed by atoms with Gasteiger partial charge < -0.3 is 10.2 Å². The van der Waals surface area contributed by atoms with Gasteiger partial charge in [-0.3, -0.25) is 4.79 Å². The Morgan fingerprint density at radius 2 is 2.11 bits per heavy atom. The van der Waals surface area contributed by atoms with E-state index in [1.54, 1.807) is 6.07 Å². The summed E-state index contributed by atoms with van der Waals surface area (Å²) < 4.78 is 0. The highest BCUT2D eigenvalue weighted by Crippen LogP contribution is 2.31. The molecule has 2 bridgehead atoms. The number of piperidine rings is 1. The van der Waals surface area contributed by atoms with Crippen LogP contribution in [0.4, 0.5) is 0 Å². The first-order valence-corrected chi connectivity index (χ1v) is 7.67. The van der Waals surface area contributed by atoms with Crippen molar-refractivity contribution in [3.8, 4) is 0 Å². The molecule has 0 aliphatic carbocycles. The van der Waals surface area contributed by atoms with Crippen LogP contribution in [0.1, 0.15) is 35.4 Å². The van der Waals surface area contributed by atoms with Gasteiger partial charge in [-0.25, -0.2) is 0 Å². The number of hydrogen-bond acceptors (Lipinski definition) is 3. The average molecular weight is 285 g/mol. The monoisotopic (exact) mass is 284 g/mol. The zero-order chi connectivity index (χ0) is 12.7. The number of halogens is 1. The molecule has 3 nitrogen and oxygen atoms in total. The maximum Gasteiger partial charge on any atom is 0.265 e. The van der Waals surface area contributed by atoms with Gasteiger partial charge in [-0.05, 0) is 37.1 Å². The van der Waals surface area contributed by atoms with E-state index in [0.717, 1.165) is 12.8 Å². The Bertz CT molecular complexity index is 450. The maximum absolute atomic E-state index is 12.4. The van der Waals surface area contributed by atoms with Crippen LogP contribution >= 0.6 is 22.9 Å². The van der Waals surface area contributed by atoms with Crippen molar-refractivity contribution in [3.05, 3.63) is 21.3 Å². The molecule has 2 unspecified atom stereocenters.